The number of sulfone groups is 1. The summed E-state index contributed by atoms with van der Waals surface area (Å²) in [7, 11) is -2.99. The fourth-order valence-corrected chi connectivity index (χ4v) is 4.72. The summed E-state index contributed by atoms with van der Waals surface area (Å²) in [6.07, 6.45) is 1.78. The lowest BCUT2D eigenvalue weighted by molar-refractivity contribution is 0.0946. The van der Waals surface area contributed by atoms with Crippen LogP contribution in [-0.4, -0.2) is 42.3 Å². The second-order valence-electron chi connectivity index (χ2n) is 6.32. The molecule has 7 nitrogen and oxygen atoms in total. The van der Waals surface area contributed by atoms with Gasteiger partial charge in [0.15, 0.2) is 9.84 Å². The Bertz CT molecular complexity index is 966. The van der Waals surface area contributed by atoms with E-state index in [-0.39, 0.29) is 29.5 Å². The molecule has 1 amide bonds. The SMILES string of the molecule is Cc1cccc(-c2ncc(C(=O)NC[C@@H]3CCS(=O)(=O)C3)c(=O)[nH]2)c1. The van der Waals surface area contributed by atoms with Gasteiger partial charge in [0.05, 0.1) is 11.5 Å². The van der Waals surface area contributed by atoms with Crippen LogP contribution in [0.2, 0.25) is 0 Å². The summed E-state index contributed by atoms with van der Waals surface area (Å²) in [6, 6.07) is 7.51. The van der Waals surface area contributed by atoms with Gasteiger partial charge in [-0.05, 0) is 25.3 Å². The summed E-state index contributed by atoms with van der Waals surface area (Å²) in [5, 5.41) is 2.62. The Kier molecular flexibility index (Phi) is 4.71. The number of nitrogens with one attached hydrogen (secondary N) is 2. The van der Waals surface area contributed by atoms with Crippen LogP contribution in [-0.2, 0) is 9.84 Å². The third kappa shape index (κ3) is 4.14. The molecule has 3 rings (SSSR count). The molecule has 1 fully saturated rings. The molecule has 0 unspecified atom stereocenters. The molecule has 2 N–H and O–H groups in total. The predicted octanol–water partition coefficient (Wildman–Crippen LogP) is 0.910. The van der Waals surface area contributed by atoms with Crippen molar-refractivity contribution >= 4 is 15.7 Å². The highest BCUT2D eigenvalue weighted by Gasteiger charge is 2.28. The number of carbonyl (C=O) groups is 1. The standard InChI is InChI=1S/C17H19N3O4S/c1-11-3-2-4-13(7-11)15-18-9-14(17(22)20-15)16(21)19-8-12-5-6-25(23,24)10-12/h2-4,7,9,12H,5-6,8,10H2,1H3,(H,19,21)(H,18,20,22)/t12-/m0/s1. The molecule has 1 aromatic heterocycles. The smallest absolute Gasteiger partial charge is 0.264 e. The van der Waals surface area contributed by atoms with Crippen molar-refractivity contribution < 1.29 is 13.2 Å². The van der Waals surface area contributed by atoms with Crippen LogP contribution in [0.3, 0.4) is 0 Å². The van der Waals surface area contributed by atoms with Gasteiger partial charge in [-0.1, -0.05) is 23.8 Å². The van der Waals surface area contributed by atoms with E-state index >= 15 is 0 Å². The van der Waals surface area contributed by atoms with Gasteiger partial charge < -0.3 is 10.3 Å². The number of aromatic nitrogens is 2. The molecule has 1 saturated heterocycles. The van der Waals surface area contributed by atoms with Gasteiger partial charge in [-0.3, -0.25) is 9.59 Å². The van der Waals surface area contributed by atoms with Crippen LogP contribution in [0, 0.1) is 12.8 Å². The number of hydrogen-bond acceptors (Lipinski definition) is 5. The Morgan fingerprint density at radius 2 is 2.20 bits per heavy atom. The molecule has 0 saturated carbocycles. The van der Waals surface area contributed by atoms with Crippen LogP contribution in [0.4, 0.5) is 0 Å². The normalized spacial score (nSPS) is 18.8. The van der Waals surface area contributed by atoms with Crippen LogP contribution in [0.15, 0.2) is 35.3 Å². The molecular formula is C17H19N3O4S. The first-order chi connectivity index (χ1) is 11.8. The Hall–Kier alpha value is -2.48. The van der Waals surface area contributed by atoms with Crippen molar-refractivity contribution in [3.8, 4) is 11.4 Å². The van der Waals surface area contributed by atoms with E-state index < -0.39 is 21.3 Å². The molecule has 1 aromatic carbocycles. The molecule has 2 aromatic rings. The molecule has 2 heterocycles. The Morgan fingerprint density at radius 1 is 1.40 bits per heavy atom. The molecule has 0 radical (unpaired) electrons. The molecule has 25 heavy (non-hydrogen) atoms. The number of rotatable bonds is 4. The molecule has 0 spiro atoms. The first kappa shape index (κ1) is 17.3. The van der Waals surface area contributed by atoms with Gasteiger partial charge >= 0.3 is 0 Å². The third-order valence-electron chi connectivity index (χ3n) is 4.21. The van der Waals surface area contributed by atoms with Crippen LogP contribution < -0.4 is 10.9 Å². The zero-order valence-electron chi connectivity index (χ0n) is 13.8. The summed E-state index contributed by atoms with van der Waals surface area (Å²) >= 11 is 0. The van der Waals surface area contributed by atoms with Gasteiger partial charge in [0, 0.05) is 18.3 Å². The maximum atomic E-state index is 12.2. The predicted molar refractivity (Wildman–Crippen MR) is 94.1 cm³/mol. The lowest BCUT2D eigenvalue weighted by Gasteiger charge is -2.09. The van der Waals surface area contributed by atoms with Gasteiger partial charge in [-0.15, -0.1) is 0 Å². The minimum Gasteiger partial charge on any atom is -0.352 e. The maximum absolute atomic E-state index is 12.2. The largest absolute Gasteiger partial charge is 0.352 e. The lowest BCUT2D eigenvalue weighted by Crippen LogP contribution is -2.33. The second kappa shape index (κ2) is 6.79. The topological polar surface area (TPSA) is 109 Å². The summed E-state index contributed by atoms with van der Waals surface area (Å²) in [6.45, 7) is 2.17. The third-order valence-corrected chi connectivity index (χ3v) is 6.05. The van der Waals surface area contributed by atoms with E-state index in [0.717, 1.165) is 11.1 Å². The van der Waals surface area contributed by atoms with Gasteiger partial charge in [-0.25, -0.2) is 13.4 Å². The van der Waals surface area contributed by atoms with Crippen LogP contribution in [0.5, 0.6) is 0 Å². The first-order valence-corrected chi connectivity index (χ1v) is 9.81. The van der Waals surface area contributed by atoms with Gasteiger partial charge in [0.25, 0.3) is 11.5 Å². The zero-order valence-corrected chi connectivity index (χ0v) is 14.6. The Labute approximate surface area is 145 Å². The van der Waals surface area contributed by atoms with Crippen LogP contribution >= 0.6 is 0 Å². The highest BCUT2D eigenvalue weighted by atomic mass is 32.2. The molecular weight excluding hydrogens is 342 g/mol. The number of benzene rings is 1. The average Bonchev–Trinajstić information content (AvgIpc) is 2.91. The Morgan fingerprint density at radius 3 is 2.84 bits per heavy atom. The van der Waals surface area contributed by atoms with Crippen molar-refractivity contribution in [2.75, 3.05) is 18.1 Å². The molecule has 8 heteroatoms. The molecule has 1 aliphatic rings. The fourth-order valence-electron chi connectivity index (χ4n) is 2.86. The van der Waals surface area contributed by atoms with E-state index in [9.17, 15) is 18.0 Å². The number of amides is 1. The second-order valence-corrected chi connectivity index (χ2v) is 8.55. The van der Waals surface area contributed by atoms with Crippen LogP contribution in [0.25, 0.3) is 11.4 Å². The van der Waals surface area contributed by atoms with E-state index in [1.807, 2.05) is 31.2 Å². The molecule has 132 valence electrons. The average molecular weight is 361 g/mol. The Balaban J connectivity index is 1.70. The molecule has 0 bridgehead atoms. The van der Waals surface area contributed by atoms with Crippen molar-refractivity contribution in [1.82, 2.24) is 15.3 Å². The minimum atomic E-state index is -2.99. The summed E-state index contributed by atoms with van der Waals surface area (Å²) in [5.41, 5.74) is 1.19. The summed E-state index contributed by atoms with van der Waals surface area (Å²) in [5.74, 6) is -0.0248. The van der Waals surface area contributed by atoms with Gasteiger partial charge in [0.2, 0.25) is 0 Å². The van der Waals surface area contributed by atoms with E-state index in [2.05, 4.69) is 15.3 Å². The van der Waals surface area contributed by atoms with Gasteiger partial charge in [0.1, 0.15) is 11.4 Å². The number of carbonyl (C=O) groups excluding carboxylic acids is 1. The maximum Gasteiger partial charge on any atom is 0.264 e. The lowest BCUT2D eigenvalue weighted by atomic mass is 10.1. The zero-order chi connectivity index (χ0) is 18.0. The molecule has 0 aliphatic carbocycles. The highest BCUT2D eigenvalue weighted by Crippen LogP contribution is 2.17. The van der Waals surface area contributed by atoms with Crippen molar-refractivity contribution in [2.24, 2.45) is 5.92 Å². The van der Waals surface area contributed by atoms with Crippen molar-refractivity contribution in [3.05, 3.63) is 51.9 Å². The highest BCUT2D eigenvalue weighted by molar-refractivity contribution is 7.91. The van der Waals surface area contributed by atoms with E-state index in [4.69, 9.17) is 0 Å². The monoisotopic (exact) mass is 361 g/mol. The van der Waals surface area contributed by atoms with Crippen LogP contribution in [0.1, 0.15) is 22.3 Å². The summed E-state index contributed by atoms with van der Waals surface area (Å²) < 4.78 is 22.9. The van der Waals surface area contributed by atoms with E-state index in [1.165, 1.54) is 6.20 Å². The van der Waals surface area contributed by atoms with E-state index in [0.29, 0.717) is 12.2 Å². The number of hydrogen-bond donors (Lipinski definition) is 2. The van der Waals surface area contributed by atoms with Crippen molar-refractivity contribution in [2.45, 2.75) is 13.3 Å². The number of aromatic amines is 1. The van der Waals surface area contributed by atoms with Crippen molar-refractivity contribution in [3.63, 3.8) is 0 Å². The summed E-state index contributed by atoms with van der Waals surface area (Å²) in [4.78, 5) is 31.1. The first-order valence-electron chi connectivity index (χ1n) is 7.99. The number of nitrogens with zero attached hydrogens (tertiary/aromatic N) is 1. The quantitative estimate of drug-likeness (QED) is 0.841. The minimum absolute atomic E-state index is 0.0776. The molecule has 1 aliphatic heterocycles. The van der Waals surface area contributed by atoms with E-state index in [1.54, 1.807) is 0 Å². The fraction of sp³-hybridized carbons (Fsp3) is 0.353. The number of H-pyrrole nitrogens is 1. The van der Waals surface area contributed by atoms with Crippen molar-refractivity contribution in [1.29, 1.82) is 0 Å². The number of aryl methyl sites for hydroxylation is 1. The van der Waals surface area contributed by atoms with Gasteiger partial charge in [-0.2, -0.15) is 0 Å². The molecule has 1 atom stereocenters.